The monoisotopic (exact) mass is 284 g/mol. The molecule has 0 N–H and O–H groups in total. The van der Waals surface area contributed by atoms with Crippen LogP contribution in [0.3, 0.4) is 0 Å². The molecule has 0 saturated carbocycles. The maximum absolute atomic E-state index is 12.6. The van der Waals surface area contributed by atoms with Gasteiger partial charge in [-0.2, -0.15) is 17.6 Å². The second kappa shape index (κ2) is 4.65. The van der Waals surface area contributed by atoms with E-state index in [1.54, 1.807) is 0 Å². The molecule has 0 spiro atoms. The van der Waals surface area contributed by atoms with Crippen molar-refractivity contribution in [1.29, 1.82) is 0 Å². The Morgan fingerprint density at radius 2 is 1.73 bits per heavy atom. The standard InChI is InChI=1S/C9H5BrF4O/c10-6-1-3-7(4-2-6)15-8(11)5-9(12,13)14/h1-5H/b8-5+. The minimum Gasteiger partial charge on any atom is -0.432 e. The molecule has 0 aliphatic carbocycles. The number of hydrogen-bond donors (Lipinski definition) is 0. The van der Waals surface area contributed by atoms with Gasteiger partial charge in [-0.25, -0.2) is 0 Å². The number of rotatable bonds is 2. The number of allylic oxidation sites excluding steroid dienone is 1. The number of hydrogen-bond acceptors (Lipinski definition) is 1. The van der Waals surface area contributed by atoms with Crippen LogP contribution in [0.5, 0.6) is 5.75 Å². The van der Waals surface area contributed by atoms with E-state index in [4.69, 9.17) is 0 Å². The molecule has 82 valence electrons. The first kappa shape index (κ1) is 12.0. The van der Waals surface area contributed by atoms with Gasteiger partial charge in [0, 0.05) is 4.47 Å². The van der Waals surface area contributed by atoms with Crippen molar-refractivity contribution in [2.45, 2.75) is 6.18 Å². The van der Waals surface area contributed by atoms with Crippen molar-refractivity contribution in [3.8, 4) is 5.75 Å². The predicted molar refractivity (Wildman–Crippen MR) is 50.0 cm³/mol. The van der Waals surface area contributed by atoms with Crippen molar-refractivity contribution in [3.05, 3.63) is 40.8 Å². The van der Waals surface area contributed by atoms with Crippen LogP contribution in [0.25, 0.3) is 0 Å². The van der Waals surface area contributed by atoms with Crippen LogP contribution in [0.1, 0.15) is 0 Å². The first-order valence-electron chi connectivity index (χ1n) is 3.75. The van der Waals surface area contributed by atoms with E-state index < -0.39 is 18.3 Å². The third kappa shape index (κ3) is 4.83. The van der Waals surface area contributed by atoms with Crippen LogP contribution >= 0.6 is 15.9 Å². The first-order valence-corrected chi connectivity index (χ1v) is 4.54. The molecule has 0 aromatic heterocycles. The lowest BCUT2D eigenvalue weighted by Gasteiger charge is -2.04. The summed E-state index contributed by atoms with van der Waals surface area (Å²) in [5, 5.41) is 0. The lowest BCUT2D eigenvalue weighted by molar-refractivity contribution is -0.0833. The molecule has 0 bridgehead atoms. The van der Waals surface area contributed by atoms with Gasteiger partial charge in [-0.15, -0.1) is 0 Å². The molecule has 0 atom stereocenters. The summed E-state index contributed by atoms with van der Waals surface area (Å²) in [6.07, 6.45) is -5.27. The lowest BCUT2D eigenvalue weighted by Crippen LogP contribution is -2.04. The minimum absolute atomic E-state index is 0.00352. The van der Waals surface area contributed by atoms with Gasteiger partial charge in [0.2, 0.25) is 0 Å². The maximum atomic E-state index is 12.6. The van der Waals surface area contributed by atoms with E-state index in [1.165, 1.54) is 24.3 Å². The van der Waals surface area contributed by atoms with Crippen LogP contribution in [-0.4, -0.2) is 6.18 Å². The summed E-state index contributed by atoms with van der Waals surface area (Å²) in [6, 6.07) is 4.04. The van der Waals surface area contributed by atoms with Crippen molar-refractivity contribution in [1.82, 2.24) is 0 Å². The Labute approximate surface area is 91.5 Å². The fraction of sp³-hybridized carbons (Fsp3) is 0.111. The van der Waals surface area contributed by atoms with Crippen molar-refractivity contribution in [2.24, 2.45) is 0 Å². The van der Waals surface area contributed by atoms with E-state index in [9.17, 15) is 17.6 Å². The average molecular weight is 285 g/mol. The maximum Gasteiger partial charge on any atom is 0.415 e. The van der Waals surface area contributed by atoms with Gasteiger partial charge in [0.25, 0.3) is 6.01 Å². The molecule has 0 heterocycles. The molecule has 0 aliphatic heterocycles. The van der Waals surface area contributed by atoms with Crippen molar-refractivity contribution >= 4 is 15.9 Å². The molecule has 0 fully saturated rings. The van der Waals surface area contributed by atoms with E-state index in [2.05, 4.69) is 20.7 Å². The molecule has 1 nitrogen and oxygen atoms in total. The Kier molecular flexibility index (Phi) is 3.73. The molecule has 1 rings (SSSR count). The molecule has 0 unspecified atom stereocenters. The summed E-state index contributed by atoms with van der Waals surface area (Å²) in [5.41, 5.74) is 0. The van der Waals surface area contributed by atoms with Gasteiger partial charge in [0.05, 0.1) is 6.08 Å². The summed E-state index contributed by atoms with van der Waals surface area (Å²) < 4.78 is 52.6. The zero-order valence-electron chi connectivity index (χ0n) is 7.18. The topological polar surface area (TPSA) is 9.23 Å². The number of halogens is 5. The fourth-order valence-electron chi connectivity index (χ4n) is 0.773. The van der Waals surface area contributed by atoms with E-state index in [0.29, 0.717) is 0 Å². The van der Waals surface area contributed by atoms with Crippen LogP contribution in [0.4, 0.5) is 17.6 Å². The number of ether oxygens (including phenoxy) is 1. The van der Waals surface area contributed by atoms with Crippen LogP contribution < -0.4 is 4.74 Å². The van der Waals surface area contributed by atoms with Crippen LogP contribution in [-0.2, 0) is 0 Å². The second-order valence-corrected chi connectivity index (χ2v) is 3.46. The summed E-state index contributed by atoms with van der Waals surface area (Å²) >= 11 is 3.12. The van der Waals surface area contributed by atoms with Crippen molar-refractivity contribution < 1.29 is 22.3 Å². The smallest absolute Gasteiger partial charge is 0.415 e. The summed E-state index contributed by atoms with van der Waals surface area (Å²) in [6.45, 7) is 0. The Hall–Kier alpha value is -1.04. The van der Waals surface area contributed by atoms with Gasteiger partial charge in [-0.3, -0.25) is 0 Å². The quantitative estimate of drug-likeness (QED) is 0.584. The molecular formula is C9H5BrF4O. The highest BCUT2D eigenvalue weighted by atomic mass is 79.9. The highest BCUT2D eigenvalue weighted by Crippen LogP contribution is 2.22. The Morgan fingerprint density at radius 1 is 1.20 bits per heavy atom. The molecule has 0 saturated heterocycles. The zero-order valence-corrected chi connectivity index (χ0v) is 8.77. The van der Waals surface area contributed by atoms with E-state index in [1.807, 2.05) is 0 Å². The van der Waals surface area contributed by atoms with Crippen molar-refractivity contribution in [3.63, 3.8) is 0 Å². The highest BCUT2D eigenvalue weighted by molar-refractivity contribution is 9.10. The Bertz CT molecular complexity index is 355. The van der Waals surface area contributed by atoms with Crippen LogP contribution in [0.2, 0.25) is 0 Å². The highest BCUT2D eigenvalue weighted by Gasteiger charge is 2.26. The van der Waals surface area contributed by atoms with E-state index >= 15 is 0 Å². The van der Waals surface area contributed by atoms with E-state index in [-0.39, 0.29) is 5.75 Å². The summed E-state index contributed by atoms with van der Waals surface area (Å²) in [5.74, 6) is -0.00352. The molecular weight excluding hydrogens is 280 g/mol. The fourth-order valence-corrected chi connectivity index (χ4v) is 1.04. The summed E-state index contributed by atoms with van der Waals surface area (Å²) in [7, 11) is 0. The number of alkyl halides is 3. The molecule has 0 aliphatic rings. The predicted octanol–water partition coefficient (Wildman–Crippen LogP) is 4.20. The normalized spacial score (nSPS) is 12.7. The molecule has 0 amide bonds. The molecule has 0 radical (unpaired) electrons. The molecule has 1 aromatic carbocycles. The number of benzene rings is 1. The Balaban J connectivity index is 2.70. The third-order valence-corrected chi connectivity index (χ3v) is 1.83. The summed E-state index contributed by atoms with van der Waals surface area (Å²) in [4.78, 5) is 0. The molecule has 15 heavy (non-hydrogen) atoms. The van der Waals surface area contributed by atoms with Gasteiger partial charge >= 0.3 is 6.18 Å². The van der Waals surface area contributed by atoms with Gasteiger partial charge in [-0.05, 0) is 24.3 Å². The average Bonchev–Trinajstić information content (AvgIpc) is 2.05. The van der Waals surface area contributed by atoms with E-state index in [0.717, 1.165) is 4.47 Å². The largest absolute Gasteiger partial charge is 0.432 e. The SMILES string of the molecule is F/C(=C\C(F)(F)F)Oc1ccc(Br)cc1. The minimum atomic E-state index is -4.72. The van der Waals surface area contributed by atoms with Gasteiger partial charge in [0.15, 0.2) is 0 Å². The third-order valence-electron chi connectivity index (χ3n) is 1.31. The molecule has 1 aromatic rings. The van der Waals surface area contributed by atoms with Crippen molar-refractivity contribution in [2.75, 3.05) is 0 Å². The molecule has 6 heteroatoms. The second-order valence-electron chi connectivity index (χ2n) is 2.55. The first-order chi connectivity index (χ1) is 6.87. The van der Waals surface area contributed by atoms with Gasteiger partial charge in [0.1, 0.15) is 5.75 Å². The lowest BCUT2D eigenvalue weighted by atomic mass is 10.3. The zero-order chi connectivity index (χ0) is 11.5. The van der Waals surface area contributed by atoms with Crippen LogP contribution in [0, 0.1) is 0 Å². The van der Waals surface area contributed by atoms with Crippen LogP contribution in [0.15, 0.2) is 40.8 Å². The van der Waals surface area contributed by atoms with Gasteiger partial charge < -0.3 is 4.74 Å². The van der Waals surface area contributed by atoms with Gasteiger partial charge in [-0.1, -0.05) is 15.9 Å². The Morgan fingerprint density at radius 3 is 2.20 bits per heavy atom.